The van der Waals surface area contributed by atoms with Gasteiger partial charge in [0.25, 0.3) is 0 Å². The van der Waals surface area contributed by atoms with E-state index in [1.165, 1.54) is 0 Å². The largest absolute Gasteiger partial charge is 0.478 e. The van der Waals surface area contributed by atoms with Gasteiger partial charge in [-0.05, 0) is 18.2 Å². The van der Waals surface area contributed by atoms with E-state index in [1.54, 1.807) is 18.2 Å². The van der Waals surface area contributed by atoms with Crippen LogP contribution in [0.5, 0.6) is 0 Å². The van der Waals surface area contributed by atoms with Crippen molar-refractivity contribution in [1.82, 2.24) is 0 Å². The molecule has 2 rings (SSSR count). The predicted molar refractivity (Wildman–Crippen MR) is 62.8 cm³/mol. The number of hydrogen-bond acceptors (Lipinski definition) is 3. The van der Waals surface area contributed by atoms with E-state index in [0.717, 1.165) is 10.0 Å². The maximum Gasteiger partial charge on any atom is 0.348 e. The van der Waals surface area contributed by atoms with E-state index < -0.39 is 12.1 Å². The van der Waals surface area contributed by atoms with E-state index in [0.29, 0.717) is 10.7 Å². The third kappa shape index (κ3) is 2.20. The fraction of sp³-hybridized carbons (Fsp3) is 0.200. The quantitative estimate of drug-likeness (QED) is 0.914. The second kappa shape index (κ2) is 4.43. The van der Waals surface area contributed by atoms with Gasteiger partial charge in [-0.3, -0.25) is 0 Å². The number of oxime groups is 1. The maximum atomic E-state index is 10.7. The molecule has 16 heavy (non-hydrogen) atoms. The Morgan fingerprint density at radius 3 is 3.00 bits per heavy atom. The zero-order valence-corrected chi connectivity index (χ0v) is 10.3. The van der Waals surface area contributed by atoms with Gasteiger partial charge in [-0.2, -0.15) is 0 Å². The predicted octanol–water partition coefficient (Wildman–Crippen LogP) is 2.68. The number of aliphatic carboxylic acids is 1. The van der Waals surface area contributed by atoms with Crippen molar-refractivity contribution in [1.29, 1.82) is 0 Å². The number of nitrogens with zero attached hydrogens (tertiary/aromatic N) is 1. The van der Waals surface area contributed by atoms with Crippen LogP contribution in [0.2, 0.25) is 5.02 Å². The van der Waals surface area contributed by atoms with E-state index in [4.69, 9.17) is 21.5 Å². The maximum absolute atomic E-state index is 10.7. The van der Waals surface area contributed by atoms with Gasteiger partial charge in [0.2, 0.25) is 6.10 Å². The molecule has 1 heterocycles. The molecular formula is C10H7BrClNO3. The van der Waals surface area contributed by atoms with Gasteiger partial charge in [0.05, 0.1) is 5.71 Å². The number of benzene rings is 1. The van der Waals surface area contributed by atoms with Crippen LogP contribution in [0.3, 0.4) is 0 Å². The third-order valence-corrected chi connectivity index (χ3v) is 3.11. The normalized spacial score (nSPS) is 19.1. The summed E-state index contributed by atoms with van der Waals surface area (Å²) in [5.74, 6) is -1.02. The lowest BCUT2D eigenvalue weighted by molar-refractivity contribution is -0.148. The van der Waals surface area contributed by atoms with E-state index in [1.807, 2.05) is 0 Å². The molecule has 0 amide bonds. The van der Waals surface area contributed by atoms with Crippen LogP contribution >= 0.6 is 27.5 Å². The average Bonchev–Trinajstić information content (AvgIpc) is 2.70. The van der Waals surface area contributed by atoms with Gasteiger partial charge in [0, 0.05) is 21.5 Å². The van der Waals surface area contributed by atoms with Gasteiger partial charge in [0.15, 0.2) is 0 Å². The zero-order chi connectivity index (χ0) is 11.7. The number of halogens is 2. The zero-order valence-electron chi connectivity index (χ0n) is 7.98. The minimum atomic E-state index is -1.02. The van der Waals surface area contributed by atoms with Crippen molar-refractivity contribution in [3.05, 3.63) is 33.3 Å². The van der Waals surface area contributed by atoms with Crippen LogP contribution in [0.4, 0.5) is 0 Å². The average molecular weight is 305 g/mol. The molecule has 1 N–H and O–H groups in total. The highest BCUT2D eigenvalue weighted by Crippen LogP contribution is 2.26. The highest BCUT2D eigenvalue weighted by molar-refractivity contribution is 9.10. The van der Waals surface area contributed by atoms with Gasteiger partial charge in [-0.1, -0.05) is 32.7 Å². The highest BCUT2D eigenvalue weighted by Gasteiger charge is 2.29. The van der Waals surface area contributed by atoms with E-state index in [-0.39, 0.29) is 6.42 Å². The highest BCUT2D eigenvalue weighted by atomic mass is 79.9. The minimum absolute atomic E-state index is 0.244. The second-order valence-electron chi connectivity index (χ2n) is 3.30. The van der Waals surface area contributed by atoms with Crippen LogP contribution in [0, 0.1) is 0 Å². The fourth-order valence-corrected chi connectivity index (χ4v) is 2.04. The summed E-state index contributed by atoms with van der Waals surface area (Å²) in [6.07, 6.45) is -0.658. The first-order valence-corrected chi connectivity index (χ1v) is 5.66. The first kappa shape index (κ1) is 11.4. The molecule has 0 saturated heterocycles. The van der Waals surface area contributed by atoms with Gasteiger partial charge >= 0.3 is 5.97 Å². The monoisotopic (exact) mass is 303 g/mol. The molecule has 1 aliphatic rings. The Kier molecular flexibility index (Phi) is 3.16. The van der Waals surface area contributed by atoms with E-state index in [9.17, 15) is 4.79 Å². The molecule has 0 bridgehead atoms. The van der Waals surface area contributed by atoms with Gasteiger partial charge < -0.3 is 9.94 Å². The second-order valence-corrected chi connectivity index (χ2v) is 4.59. The molecule has 0 aliphatic carbocycles. The van der Waals surface area contributed by atoms with Crippen molar-refractivity contribution in [3.8, 4) is 0 Å². The number of carboxylic acids is 1. The molecule has 0 aromatic heterocycles. The van der Waals surface area contributed by atoms with Crippen LogP contribution in [0.1, 0.15) is 12.0 Å². The Labute approximate surface area is 105 Å². The Morgan fingerprint density at radius 1 is 1.62 bits per heavy atom. The number of carbonyl (C=O) groups is 1. The van der Waals surface area contributed by atoms with Crippen LogP contribution in [0.15, 0.2) is 27.8 Å². The summed E-state index contributed by atoms with van der Waals surface area (Å²) in [6.45, 7) is 0. The Hall–Kier alpha value is -1.07. The van der Waals surface area contributed by atoms with E-state index >= 15 is 0 Å². The third-order valence-electron chi connectivity index (χ3n) is 2.18. The number of hydrogen-bond donors (Lipinski definition) is 1. The van der Waals surface area contributed by atoms with Gasteiger partial charge in [-0.15, -0.1) is 0 Å². The molecule has 1 unspecified atom stereocenters. The number of rotatable bonds is 2. The number of carboxylic acid groups (broad SMARTS) is 1. The molecule has 0 fully saturated rings. The molecular weight excluding hydrogens is 297 g/mol. The lowest BCUT2D eigenvalue weighted by Crippen LogP contribution is -2.19. The lowest BCUT2D eigenvalue weighted by atomic mass is 10.1. The van der Waals surface area contributed by atoms with Crippen LogP contribution in [0.25, 0.3) is 0 Å². The van der Waals surface area contributed by atoms with Crippen molar-refractivity contribution >= 4 is 39.2 Å². The molecule has 4 nitrogen and oxygen atoms in total. The topological polar surface area (TPSA) is 58.9 Å². The summed E-state index contributed by atoms with van der Waals surface area (Å²) in [4.78, 5) is 15.5. The van der Waals surface area contributed by atoms with Crippen molar-refractivity contribution in [2.24, 2.45) is 5.16 Å². The summed E-state index contributed by atoms with van der Waals surface area (Å²) in [5, 5.41) is 13.1. The Bertz CT molecular complexity index is 475. The summed E-state index contributed by atoms with van der Waals surface area (Å²) in [6, 6.07) is 5.24. The molecule has 1 aliphatic heterocycles. The fourth-order valence-electron chi connectivity index (χ4n) is 1.39. The van der Waals surface area contributed by atoms with Crippen molar-refractivity contribution in [3.63, 3.8) is 0 Å². The van der Waals surface area contributed by atoms with Gasteiger partial charge in [-0.25, -0.2) is 4.79 Å². The molecule has 1 atom stereocenters. The first-order valence-electron chi connectivity index (χ1n) is 4.49. The Balaban J connectivity index is 2.27. The molecule has 1 aromatic carbocycles. The van der Waals surface area contributed by atoms with Crippen LogP contribution in [-0.2, 0) is 9.63 Å². The minimum Gasteiger partial charge on any atom is -0.478 e. The summed E-state index contributed by atoms with van der Waals surface area (Å²) in [5.41, 5.74) is 1.35. The molecule has 84 valence electrons. The van der Waals surface area contributed by atoms with Crippen molar-refractivity contribution < 1.29 is 14.7 Å². The van der Waals surface area contributed by atoms with Gasteiger partial charge in [0.1, 0.15) is 0 Å². The standard InChI is InChI=1S/C10H7BrClNO3/c11-7-2-1-5(12)3-6(7)8-4-9(10(14)15)16-13-8/h1-3,9H,4H2,(H,14,15). The summed E-state index contributed by atoms with van der Waals surface area (Å²) < 4.78 is 0.810. The molecule has 0 radical (unpaired) electrons. The summed E-state index contributed by atoms with van der Waals surface area (Å²) in [7, 11) is 0. The smallest absolute Gasteiger partial charge is 0.348 e. The van der Waals surface area contributed by atoms with Crippen molar-refractivity contribution in [2.75, 3.05) is 0 Å². The molecule has 0 saturated carbocycles. The molecule has 6 heteroatoms. The molecule has 1 aromatic rings. The summed E-state index contributed by atoms with van der Waals surface area (Å²) >= 11 is 9.22. The lowest BCUT2D eigenvalue weighted by Gasteiger charge is -2.03. The molecule has 0 spiro atoms. The first-order chi connectivity index (χ1) is 7.58. The van der Waals surface area contributed by atoms with Crippen LogP contribution < -0.4 is 0 Å². The van der Waals surface area contributed by atoms with E-state index in [2.05, 4.69) is 21.1 Å². The SMILES string of the molecule is O=C(O)C1CC(c2cc(Cl)ccc2Br)=NO1. The van der Waals surface area contributed by atoms with Crippen LogP contribution in [-0.4, -0.2) is 22.9 Å². The Morgan fingerprint density at radius 2 is 2.38 bits per heavy atom. The van der Waals surface area contributed by atoms with Crippen molar-refractivity contribution in [2.45, 2.75) is 12.5 Å².